The number of para-hydroxylation sites is 2. The quantitative estimate of drug-likeness (QED) is 0.165. The highest BCUT2D eigenvalue weighted by Gasteiger charge is 2.32. The number of nitrogens with one attached hydrogen (secondary N) is 1. The van der Waals surface area contributed by atoms with Gasteiger partial charge in [-0.15, -0.1) is 0 Å². The fourth-order valence-corrected chi connectivity index (χ4v) is 6.25. The number of nitrogens with zero attached hydrogens (tertiary/aromatic N) is 3. The number of nitro groups is 1. The molecule has 0 radical (unpaired) electrons. The fourth-order valence-electron chi connectivity index (χ4n) is 5.09. The normalized spacial score (nSPS) is 14.4. The molecule has 1 amide bonds. The maximum Gasteiger partial charge on any atom is 0.271 e. The van der Waals surface area contributed by atoms with Crippen LogP contribution in [0.4, 0.5) is 11.4 Å². The molecule has 0 spiro atoms. The number of rotatable bonds is 8. The third-order valence-electron chi connectivity index (χ3n) is 7.21. The molecule has 1 aliphatic rings. The highest BCUT2D eigenvalue weighted by molar-refractivity contribution is 7.07. The molecule has 11 heteroatoms. The maximum atomic E-state index is 14.1. The highest BCUT2D eigenvalue weighted by atomic mass is 35.5. The second-order valence-electron chi connectivity index (χ2n) is 10.2. The van der Waals surface area contributed by atoms with E-state index in [0.717, 1.165) is 0 Å². The number of halogens is 1. The predicted octanol–water partition coefficient (Wildman–Crippen LogP) is 6.01. The summed E-state index contributed by atoms with van der Waals surface area (Å²) in [5, 5.41) is 14.6. The molecule has 0 fully saturated rings. The van der Waals surface area contributed by atoms with Gasteiger partial charge in [-0.25, -0.2) is 4.99 Å². The van der Waals surface area contributed by atoms with Crippen molar-refractivity contribution in [1.82, 2.24) is 4.57 Å². The lowest BCUT2D eigenvalue weighted by Crippen LogP contribution is -2.40. The number of thiazole rings is 1. The number of allylic oxidation sites excluding steroid dienone is 1. The van der Waals surface area contributed by atoms with E-state index in [2.05, 4.69) is 5.32 Å². The Hall–Kier alpha value is -5.32. The number of anilines is 1. The largest absolute Gasteiger partial charge is 0.488 e. The van der Waals surface area contributed by atoms with Gasteiger partial charge in [0.05, 0.1) is 26.8 Å². The average molecular weight is 637 g/mol. The summed E-state index contributed by atoms with van der Waals surface area (Å²) >= 11 is 7.40. The first kappa shape index (κ1) is 29.7. The molecule has 224 valence electrons. The van der Waals surface area contributed by atoms with Crippen LogP contribution in [0, 0.1) is 10.1 Å². The Morgan fingerprint density at radius 1 is 1.04 bits per heavy atom. The van der Waals surface area contributed by atoms with Crippen LogP contribution in [-0.4, -0.2) is 15.4 Å². The summed E-state index contributed by atoms with van der Waals surface area (Å²) in [5.74, 6) is 0.139. The Bertz CT molecular complexity index is 2140. The molecule has 0 bridgehead atoms. The number of fused-ring (bicyclic) bond motifs is 1. The van der Waals surface area contributed by atoms with Gasteiger partial charge < -0.3 is 10.1 Å². The zero-order valence-corrected chi connectivity index (χ0v) is 25.4. The van der Waals surface area contributed by atoms with Gasteiger partial charge >= 0.3 is 0 Å². The van der Waals surface area contributed by atoms with Crippen molar-refractivity contribution in [2.45, 2.75) is 19.6 Å². The standard InChI is InChI=1S/C34H25ClN4O5S/c1-21-30(32(40)37-26-10-3-2-4-11-26)31(23-14-16-25(35)17-15-23)38-33(41)29(45-34(38)36-21)19-24-9-5-6-13-28(24)44-20-22-8-7-12-27(18-22)39(42)43/h2-19,31H,20H2,1H3,(H,37,40)/b29-19-. The Balaban J connectivity index is 1.40. The van der Waals surface area contributed by atoms with Crippen LogP contribution < -0.4 is 24.9 Å². The van der Waals surface area contributed by atoms with E-state index in [4.69, 9.17) is 21.3 Å². The summed E-state index contributed by atoms with van der Waals surface area (Å²) in [7, 11) is 0. The molecule has 0 saturated carbocycles. The molecule has 1 aliphatic heterocycles. The van der Waals surface area contributed by atoms with Crippen molar-refractivity contribution in [1.29, 1.82) is 0 Å². The van der Waals surface area contributed by atoms with Gasteiger partial charge in [0.2, 0.25) is 0 Å². The van der Waals surface area contributed by atoms with Gasteiger partial charge in [0.25, 0.3) is 17.2 Å². The van der Waals surface area contributed by atoms with Gasteiger partial charge in [0.1, 0.15) is 12.4 Å². The number of amides is 1. The molecule has 6 rings (SSSR count). The van der Waals surface area contributed by atoms with Crippen molar-refractivity contribution < 1.29 is 14.5 Å². The Labute approximate surface area is 266 Å². The van der Waals surface area contributed by atoms with Crippen LogP contribution in [0.5, 0.6) is 5.75 Å². The molecule has 45 heavy (non-hydrogen) atoms. The van der Waals surface area contributed by atoms with Crippen LogP contribution in [0.2, 0.25) is 5.02 Å². The minimum Gasteiger partial charge on any atom is -0.488 e. The van der Waals surface area contributed by atoms with Crippen LogP contribution >= 0.6 is 22.9 Å². The topological polar surface area (TPSA) is 116 Å². The minimum atomic E-state index is -0.746. The van der Waals surface area contributed by atoms with E-state index in [-0.39, 0.29) is 23.8 Å². The number of benzene rings is 4. The van der Waals surface area contributed by atoms with Gasteiger partial charge in [-0.3, -0.25) is 24.3 Å². The fraction of sp³-hybridized carbons (Fsp3) is 0.0882. The van der Waals surface area contributed by atoms with E-state index in [0.29, 0.717) is 53.8 Å². The van der Waals surface area contributed by atoms with Crippen LogP contribution in [0.3, 0.4) is 0 Å². The molecule has 9 nitrogen and oxygen atoms in total. The number of hydrogen-bond acceptors (Lipinski definition) is 7. The van der Waals surface area contributed by atoms with Crippen molar-refractivity contribution >= 4 is 46.3 Å². The van der Waals surface area contributed by atoms with Gasteiger partial charge in [-0.05, 0) is 54.5 Å². The molecule has 2 heterocycles. The second kappa shape index (κ2) is 12.7. The average Bonchev–Trinajstić information content (AvgIpc) is 3.34. The molecule has 0 aliphatic carbocycles. The van der Waals surface area contributed by atoms with Gasteiger partial charge in [-0.2, -0.15) is 0 Å². The van der Waals surface area contributed by atoms with E-state index < -0.39 is 11.0 Å². The number of carbonyl (C=O) groups excluding carboxylic acids is 1. The number of nitro benzene ring substituents is 1. The van der Waals surface area contributed by atoms with Crippen molar-refractivity contribution in [3.63, 3.8) is 0 Å². The van der Waals surface area contributed by atoms with E-state index in [1.165, 1.54) is 23.5 Å². The maximum absolute atomic E-state index is 14.1. The number of carbonyl (C=O) groups is 1. The summed E-state index contributed by atoms with van der Waals surface area (Å²) in [4.78, 5) is 43.7. The third kappa shape index (κ3) is 6.33. The molecule has 0 saturated heterocycles. The molecule has 1 N–H and O–H groups in total. The molecular formula is C34H25ClN4O5S. The minimum absolute atomic E-state index is 0.0205. The predicted molar refractivity (Wildman–Crippen MR) is 174 cm³/mol. The van der Waals surface area contributed by atoms with Crippen molar-refractivity contribution in [2.24, 2.45) is 4.99 Å². The first-order chi connectivity index (χ1) is 21.8. The Kier molecular flexibility index (Phi) is 8.41. The first-order valence-electron chi connectivity index (χ1n) is 13.9. The third-order valence-corrected chi connectivity index (χ3v) is 8.44. The Morgan fingerprint density at radius 3 is 2.53 bits per heavy atom. The van der Waals surface area contributed by atoms with Crippen molar-refractivity contribution in [2.75, 3.05) is 5.32 Å². The highest BCUT2D eigenvalue weighted by Crippen LogP contribution is 2.31. The SMILES string of the molecule is CC1=C(C(=O)Nc2ccccc2)C(c2ccc(Cl)cc2)n2c(s/c(=C\c3ccccc3OCc3cccc([N+](=O)[O-])c3)c2=O)=N1. The molecule has 1 atom stereocenters. The van der Waals surface area contributed by atoms with Crippen LogP contribution in [0.15, 0.2) is 124 Å². The monoisotopic (exact) mass is 636 g/mol. The van der Waals surface area contributed by atoms with Gasteiger partial charge in [-0.1, -0.05) is 83.6 Å². The number of non-ortho nitro benzene ring substituents is 1. The zero-order chi connectivity index (χ0) is 31.5. The molecule has 4 aromatic carbocycles. The van der Waals surface area contributed by atoms with E-state index >= 15 is 0 Å². The molecule has 1 unspecified atom stereocenters. The van der Waals surface area contributed by atoms with Crippen LogP contribution in [0.1, 0.15) is 29.7 Å². The van der Waals surface area contributed by atoms with Crippen molar-refractivity contribution in [3.05, 3.63) is 166 Å². The first-order valence-corrected chi connectivity index (χ1v) is 15.1. The number of aromatic nitrogens is 1. The molecule has 1 aromatic heterocycles. The molecule has 5 aromatic rings. The number of ether oxygens (including phenoxy) is 1. The van der Waals surface area contributed by atoms with Gasteiger partial charge in [0, 0.05) is 28.4 Å². The van der Waals surface area contributed by atoms with Crippen LogP contribution in [-0.2, 0) is 11.4 Å². The van der Waals surface area contributed by atoms with Crippen LogP contribution in [0.25, 0.3) is 6.08 Å². The lowest BCUT2D eigenvalue weighted by Gasteiger charge is -2.25. The van der Waals surface area contributed by atoms with Crippen molar-refractivity contribution in [3.8, 4) is 5.75 Å². The van der Waals surface area contributed by atoms with Gasteiger partial charge in [0.15, 0.2) is 4.80 Å². The number of hydrogen-bond donors (Lipinski definition) is 1. The summed E-state index contributed by atoms with van der Waals surface area (Å²) in [5.41, 5.74) is 3.12. The van der Waals surface area contributed by atoms with E-state index in [1.807, 2.05) is 36.4 Å². The summed E-state index contributed by atoms with van der Waals surface area (Å²) < 4.78 is 7.98. The van der Waals surface area contributed by atoms with E-state index in [1.54, 1.807) is 72.2 Å². The smallest absolute Gasteiger partial charge is 0.271 e. The Morgan fingerprint density at radius 2 is 1.78 bits per heavy atom. The summed E-state index contributed by atoms with van der Waals surface area (Å²) in [6, 6.07) is 28.9. The summed E-state index contributed by atoms with van der Waals surface area (Å²) in [6.07, 6.45) is 1.73. The molecular weight excluding hydrogens is 612 g/mol. The second-order valence-corrected chi connectivity index (χ2v) is 11.7. The zero-order valence-electron chi connectivity index (χ0n) is 23.8. The summed E-state index contributed by atoms with van der Waals surface area (Å²) in [6.45, 7) is 1.86. The lowest BCUT2D eigenvalue weighted by molar-refractivity contribution is -0.384. The van der Waals surface area contributed by atoms with E-state index in [9.17, 15) is 19.7 Å². The lowest BCUT2D eigenvalue weighted by atomic mass is 9.95.